The summed E-state index contributed by atoms with van der Waals surface area (Å²) < 4.78 is 10.8. The van der Waals surface area contributed by atoms with Crippen molar-refractivity contribution in [2.24, 2.45) is 5.10 Å². The van der Waals surface area contributed by atoms with Crippen LogP contribution in [0.1, 0.15) is 12.5 Å². The molecule has 1 unspecified atom stereocenters. The zero-order chi connectivity index (χ0) is 19.6. The molecule has 0 spiro atoms. The van der Waals surface area contributed by atoms with Crippen molar-refractivity contribution < 1.29 is 14.3 Å². The van der Waals surface area contributed by atoms with Gasteiger partial charge in [-0.2, -0.15) is 5.10 Å². The topological polar surface area (TPSA) is 59.9 Å². The van der Waals surface area contributed by atoms with Crippen LogP contribution in [0.25, 0.3) is 0 Å². The summed E-state index contributed by atoms with van der Waals surface area (Å²) in [6.07, 6.45) is 3.21. The van der Waals surface area contributed by atoms with E-state index in [0.29, 0.717) is 23.1 Å². The van der Waals surface area contributed by atoms with Gasteiger partial charge in [-0.05, 0) is 55.0 Å². The minimum Gasteiger partial charge on any atom is -0.493 e. The minimum atomic E-state index is -0.299. The second kappa shape index (κ2) is 10.6. The molecule has 0 fully saturated rings. The summed E-state index contributed by atoms with van der Waals surface area (Å²) in [6, 6.07) is 12.7. The van der Waals surface area contributed by atoms with E-state index in [4.69, 9.17) is 21.1 Å². The number of hydrazone groups is 1. The molecule has 0 aliphatic carbocycles. The highest BCUT2D eigenvalue weighted by Gasteiger charge is 2.13. The highest BCUT2D eigenvalue weighted by atomic mass is 35.5. The molecule has 0 saturated carbocycles. The number of ether oxygens (including phenoxy) is 2. The molecule has 2 rings (SSSR count). The van der Waals surface area contributed by atoms with Crippen molar-refractivity contribution in [3.8, 4) is 11.5 Å². The fourth-order valence-electron chi connectivity index (χ4n) is 2.06. The number of nitrogens with zero attached hydrogens (tertiary/aromatic N) is 1. The molecule has 1 N–H and O–H groups in total. The van der Waals surface area contributed by atoms with E-state index in [2.05, 4.69) is 17.1 Å². The van der Waals surface area contributed by atoms with Crippen LogP contribution in [-0.2, 0) is 4.79 Å². The molecule has 0 bridgehead atoms. The van der Waals surface area contributed by atoms with Gasteiger partial charge in [-0.1, -0.05) is 24.3 Å². The number of rotatable bonds is 9. The first-order valence-electron chi connectivity index (χ1n) is 8.20. The number of thioether (sulfide) groups is 1. The van der Waals surface area contributed by atoms with Crippen molar-refractivity contribution in [3.05, 3.63) is 65.7 Å². The molecule has 7 heteroatoms. The monoisotopic (exact) mass is 404 g/mol. The van der Waals surface area contributed by atoms with Gasteiger partial charge in [0, 0.05) is 9.92 Å². The third-order valence-corrected chi connectivity index (χ3v) is 4.79. The standard InChI is InChI=1S/C20H21ClN2O3S/c1-4-11-26-18-10-5-15(12-19(18)25-3)13-22-23-20(24)14(2)27-17-8-6-16(21)7-9-17/h4-10,12-14H,1,11H2,2-3H3,(H,23,24)/b22-13+. The number of amides is 1. The first-order chi connectivity index (χ1) is 13.0. The summed E-state index contributed by atoms with van der Waals surface area (Å²) in [5.74, 6) is 1.01. The number of carbonyl (C=O) groups is 1. The Balaban J connectivity index is 1.92. The summed E-state index contributed by atoms with van der Waals surface area (Å²) >= 11 is 7.30. The predicted octanol–water partition coefficient (Wildman–Crippen LogP) is 4.54. The Labute approximate surface area is 168 Å². The van der Waals surface area contributed by atoms with Crippen LogP contribution in [-0.4, -0.2) is 31.1 Å². The van der Waals surface area contributed by atoms with Crippen LogP contribution < -0.4 is 14.9 Å². The molecule has 0 saturated heterocycles. The van der Waals surface area contributed by atoms with Crippen molar-refractivity contribution in [2.75, 3.05) is 13.7 Å². The summed E-state index contributed by atoms with van der Waals surface area (Å²) in [4.78, 5) is 13.1. The average Bonchev–Trinajstić information content (AvgIpc) is 2.68. The highest BCUT2D eigenvalue weighted by molar-refractivity contribution is 8.00. The largest absolute Gasteiger partial charge is 0.493 e. The average molecular weight is 405 g/mol. The van der Waals surface area contributed by atoms with Gasteiger partial charge in [-0.25, -0.2) is 5.43 Å². The molecule has 2 aromatic rings. The molecule has 0 aliphatic heterocycles. The molecule has 142 valence electrons. The van der Waals surface area contributed by atoms with E-state index in [1.165, 1.54) is 11.8 Å². The Hall–Kier alpha value is -2.44. The van der Waals surface area contributed by atoms with Crippen LogP contribution in [0.2, 0.25) is 5.02 Å². The molecule has 27 heavy (non-hydrogen) atoms. The van der Waals surface area contributed by atoms with E-state index >= 15 is 0 Å². The molecule has 5 nitrogen and oxygen atoms in total. The smallest absolute Gasteiger partial charge is 0.253 e. The van der Waals surface area contributed by atoms with E-state index in [1.807, 2.05) is 25.1 Å². The lowest BCUT2D eigenvalue weighted by Crippen LogP contribution is -2.26. The zero-order valence-corrected chi connectivity index (χ0v) is 16.7. The minimum absolute atomic E-state index is 0.191. The number of nitrogens with one attached hydrogen (secondary N) is 1. The first kappa shape index (κ1) is 20.9. The molecule has 1 amide bonds. The van der Waals surface area contributed by atoms with Gasteiger partial charge < -0.3 is 9.47 Å². The lowest BCUT2D eigenvalue weighted by molar-refractivity contribution is -0.120. The fourth-order valence-corrected chi connectivity index (χ4v) is 3.05. The van der Waals surface area contributed by atoms with E-state index in [1.54, 1.807) is 43.7 Å². The second-order valence-electron chi connectivity index (χ2n) is 5.46. The summed E-state index contributed by atoms with van der Waals surface area (Å²) in [7, 11) is 1.56. The quantitative estimate of drug-likeness (QED) is 0.288. The van der Waals surface area contributed by atoms with Crippen LogP contribution in [0.3, 0.4) is 0 Å². The lowest BCUT2D eigenvalue weighted by Gasteiger charge is -2.10. The van der Waals surface area contributed by atoms with E-state index in [9.17, 15) is 4.79 Å². The van der Waals surface area contributed by atoms with E-state index in [-0.39, 0.29) is 11.2 Å². The third-order valence-electron chi connectivity index (χ3n) is 3.43. The number of carbonyl (C=O) groups excluding carboxylic acids is 1. The Kier molecular flexibility index (Phi) is 8.23. The van der Waals surface area contributed by atoms with Crippen molar-refractivity contribution in [3.63, 3.8) is 0 Å². The van der Waals surface area contributed by atoms with Crippen LogP contribution in [0.15, 0.2) is 65.1 Å². The van der Waals surface area contributed by atoms with Crippen molar-refractivity contribution >= 4 is 35.5 Å². The van der Waals surface area contributed by atoms with Gasteiger partial charge in [-0.15, -0.1) is 11.8 Å². The molecule has 2 aromatic carbocycles. The molecule has 1 atom stereocenters. The van der Waals surface area contributed by atoms with Crippen LogP contribution in [0, 0.1) is 0 Å². The number of hydrogen-bond acceptors (Lipinski definition) is 5. The van der Waals surface area contributed by atoms with Crippen molar-refractivity contribution in [1.82, 2.24) is 5.43 Å². The Bertz CT molecular complexity index is 809. The maximum absolute atomic E-state index is 12.2. The Morgan fingerprint density at radius 2 is 2.04 bits per heavy atom. The Morgan fingerprint density at radius 1 is 1.30 bits per heavy atom. The number of hydrogen-bond donors (Lipinski definition) is 1. The second-order valence-corrected chi connectivity index (χ2v) is 7.31. The SMILES string of the molecule is C=CCOc1ccc(/C=N/NC(=O)C(C)Sc2ccc(Cl)cc2)cc1OC. The molecular formula is C20H21ClN2O3S. The molecular weight excluding hydrogens is 384 g/mol. The van der Waals surface area contributed by atoms with E-state index < -0.39 is 0 Å². The van der Waals surface area contributed by atoms with Crippen LogP contribution in [0.5, 0.6) is 11.5 Å². The number of benzene rings is 2. The molecule has 0 heterocycles. The summed E-state index contributed by atoms with van der Waals surface area (Å²) in [6.45, 7) is 5.83. The van der Waals surface area contributed by atoms with E-state index in [0.717, 1.165) is 10.5 Å². The maximum Gasteiger partial charge on any atom is 0.253 e. The Morgan fingerprint density at radius 3 is 2.70 bits per heavy atom. The lowest BCUT2D eigenvalue weighted by atomic mass is 10.2. The fraction of sp³-hybridized carbons (Fsp3) is 0.200. The van der Waals surface area contributed by atoms with Gasteiger partial charge in [0.05, 0.1) is 18.6 Å². The van der Waals surface area contributed by atoms with Crippen LogP contribution in [0.4, 0.5) is 0 Å². The van der Waals surface area contributed by atoms with Crippen molar-refractivity contribution in [1.29, 1.82) is 0 Å². The highest BCUT2D eigenvalue weighted by Crippen LogP contribution is 2.27. The molecule has 0 radical (unpaired) electrons. The number of halogens is 1. The number of methoxy groups -OCH3 is 1. The third kappa shape index (κ3) is 6.66. The molecule has 0 aromatic heterocycles. The predicted molar refractivity (Wildman–Crippen MR) is 111 cm³/mol. The summed E-state index contributed by atoms with van der Waals surface area (Å²) in [5.41, 5.74) is 3.32. The zero-order valence-electron chi connectivity index (χ0n) is 15.1. The van der Waals surface area contributed by atoms with Gasteiger partial charge in [-0.3, -0.25) is 4.79 Å². The normalized spacial score (nSPS) is 11.8. The summed E-state index contributed by atoms with van der Waals surface area (Å²) in [5, 5.41) is 4.38. The first-order valence-corrected chi connectivity index (χ1v) is 9.46. The van der Waals surface area contributed by atoms with Gasteiger partial charge in [0.1, 0.15) is 6.61 Å². The van der Waals surface area contributed by atoms with Crippen LogP contribution >= 0.6 is 23.4 Å². The van der Waals surface area contributed by atoms with Crippen molar-refractivity contribution in [2.45, 2.75) is 17.1 Å². The van der Waals surface area contributed by atoms with Gasteiger partial charge in [0.2, 0.25) is 0 Å². The molecule has 0 aliphatic rings. The maximum atomic E-state index is 12.2. The van der Waals surface area contributed by atoms with Gasteiger partial charge in [0.15, 0.2) is 11.5 Å². The van der Waals surface area contributed by atoms with Gasteiger partial charge in [0.25, 0.3) is 5.91 Å². The van der Waals surface area contributed by atoms with Gasteiger partial charge >= 0.3 is 0 Å².